The minimum atomic E-state index is -1.98. The molecule has 17 atom stereocenters. The van der Waals surface area contributed by atoms with Gasteiger partial charge in [0.1, 0.15) is 73.2 Å². The van der Waals surface area contributed by atoms with Gasteiger partial charge in [0, 0.05) is 6.42 Å². The molecular formula is C78H137NO18. The van der Waals surface area contributed by atoms with Crippen LogP contribution in [0, 0.1) is 0 Å². The third-order valence-electron chi connectivity index (χ3n) is 18.7. The SMILES string of the molecule is CC/C=C\C/C=C\C/C=C\C/C=C\C/C=C\CCCCCCCCCCCCCCCCCC(=O)NC(COC1OC(CO)C(OC2OC(CO)C(OC3OC(CO)C(O)C(O)C3O)C(O)C2O)C(O)C1O)C(O)/C=C/CC/C=C/CCCCCCCCCCCCCCCCC. The quantitative estimate of drug-likeness (QED) is 0.0199. The van der Waals surface area contributed by atoms with Crippen LogP contribution in [0.1, 0.15) is 271 Å². The van der Waals surface area contributed by atoms with Gasteiger partial charge in [-0.3, -0.25) is 4.79 Å². The molecular weight excluding hydrogens is 1240 g/mol. The van der Waals surface area contributed by atoms with Crippen molar-refractivity contribution in [2.24, 2.45) is 0 Å². The smallest absolute Gasteiger partial charge is 0.220 e. The normalized spacial score (nSPS) is 27.4. The Balaban J connectivity index is 1.39. The van der Waals surface area contributed by atoms with Gasteiger partial charge in [0.25, 0.3) is 0 Å². The number of unbranched alkanes of at least 4 members (excludes halogenated alkanes) is 31. The zero-order valence-electron chi connectivity index (χ0n) is 59.8. The number of rotatable bonds is 59. The van der Waals surface area contributed by atoms with Crippen LogP contribution in [0.4, 0.5) is 0 Å². The van der Waals surface area contributed by atoms with E-state index in [9.17, 15) is 61.0 Å². The van der Waals surface area contributed by atoms with Gasteiger partial charge in [-0.15, -0.1) is 0 Å². The van der Waals surface area contributed by atoms with Crippen LogP contribution in [0.2, 0.25) is 0 Å². The summed E-state index contributed by atoms with van der Waals surface area (Å²) in [7, 11) is 0. The summed E-state index contributed by atoms with van der Waals surface area (Å²) < 4.78 is 34.4. The van der Waals surface area contributed by atoms with E-state index >= 15 is 0 Å². The summed E-state index contributed by atoms with van der Waals surface area (Å²) in [5, 5.41) is 121. The predicted octanol–water partition coefficient (Wildman–Crippen LogP) is 11.8. The molecule has 3 aliphatic heterocycles. The van der Waals surface area contributed by atoms with Gasteiger partial charge in [0.05, 0.1) is 38.6 Å². The second-order valence-electron chi connectivity index (χ2n) is 27.1. The number of nitrogens with one attached hydrogen (secondary N) is 1. The largest absolute Gasteiger partial charge is 0.394 e. The zero-order valence-corrected chi connectivity index (χ0v) is 59.8. The highest BCUT2D eigenvalue weighted by Crippen LogP contribution is 2.33. The van der Waals surface area contributed by atoms with Crippen LogP contribution in [0.15, 0.2) is 85.1 Å². The van der Waals surface area contributed by atoms with E-state index in [1.54, 1.807) is 6.08 Å². The lowest BCUT2D eigenvalue weighted by Crippen LogP contribution is -2.66. The van der Waals surface area contributed by atoms with E-state index in [1.807, 2.05) is 6.08 Å². The number of carbonyl (C=O) groups excluding carboxylic acids is 1. The Morgan fingerprint density at radius 3 is 1.15 bits per heavy atom. The zero-order chi connectivity index (χ0) is 70.4. The molecule has 3 fully saturated rings. The van der Waals surface area contributed by atoms with Crippen LogP contribution >= 0.6 is 0 Å². The summed E-state index contributed by atoms with van der Waals surface area (Å²) in [6.45, 7) is 1.62. The summed E-state index contributed by atoms with van der Waals surface area (Å²) in [5.74, 6) is -0.286. The molecule has 17 unspecified atom stereocenters. The summed E-state index contributed by atoms with van der Waals surface area (Å²) in [4.78, 5) is 13.5. The molecule has 19 nitrogen and oxygen atoms in total. The predicted molar refractivity (Wildman–Crippen MR) is 383 cm³/mol. The molecule has 97 heavy (non-hydrogen) atoms. The average Bonchev–Trinajstić information content (AvgIpc) is 0.798. The molecule has 0 aromatic carbocycles. The van der Waals surface area contributed by atoms with Crippen LogP contribution in [0.25, 0.3) is 0 Å². The maximum Gasteiger partial charge on any atom is 0.220 e. The van der Waals surface area contributed by atoms with Crippen molar-refractivity contribution in [1.29, 1.82) is 0 Å². The van der Waals surface area contributed by atoms with Gasteiger partial charge in [-0.25, -0.2) is 0 Å². The molecule has 3 saturated heterocycles. The summed E-state index contributed by atoms with van der Waals surface area (Å²) in [6.07, 6.45) is 49.9. The second kappa shape index (κ2) is 58.5. The fraction of sp³-hybridized carbons (Fsp3) is 0.808. The Bertz CT molecular complexity index is 2080. The fourth-order valence-corrected chi connectivity index (χ4v) is 12.5. The molecule has 0 aromatic rings. The van der Waals surface area contributed by atoms with E-state index in [0.29, 0.717) is 12.8 Å². The molecule has 0 aromatic heterocycles. The van der Waals surface area contributed by atoms with Crippen molar-refractivity contribution in [3.05, 3.63) is 85.1 Å². The average molecular weight is 1380 g/mol. The maximum atomic E-state index is 13.5. The summed E-state index contributed by atoms with van der Waals surface area (Å²) in [5.41, 5.74) is 0. The third kappa shape index (κ3) is 39.3. The lowest BCUT2D eigenvalue weighted by Gasteiger charge is -2.48. The van der Waals surface area contributed by atoms with Gasteiger partial charge in [-0.1, -0.05) is 272 Å². The van der Waals surface area contributed by atoms with Gasteiger partial charge < -0.3 is 89.9 Å². The molecule has 1 amide bonds. The molecule has 0 spiro atoms. The first-order valence-corrected chi connectivity index (χ1v) is 38.3. The van der Waals surface area contributed by atoms with Crippen LogP contribution < -0.4 is 5.32 Å². The Hall–Kier alpha value is -3.03. The molecule has 0 radical (unpaired) electrons. The molecule has 3 heterocycles. The number of hydrogen-bond acceptors (Lipinski definition) is 18. The molecule has 0 bridgehead atoms. The van der Waals surface area contributed by atoms with Crippen LogP contribution in [0.5, 0.6) is 0 Å². The van der Waals surface area contributed by atoms with E-state index in [-0.39, 0.29) is 18.9 Å². The van der Waals surface area contributed by atoms with Crippen molar-refractivity contribution >= 4 is 5.91 Å². The highest BCUT2D eigenvalue weighted by Gasteiger charge is 2.53. The first-order chi connectivity index (χ1) is 47.3. The molecule has 562 valence electrons. The van der Waals surface area contributed by atoms with Crippen molar-refractivity contribution in [3.8, 4) is 0 Å². The monoisotopic (exact) mass is 1380 g/mol. The van der Waals surface area contributed by atoms with E-state index in [1.165, 1.54) is 167 Å². The van der Waals surface area contributed by atoms with E-state index in [2.05, 4.69) is 92.1 Å². The lowest BCUT2D eigenvalue weighted by atomic mass is 9.96. The van der Waals surface area contributed by atoms with Crippen LogP contribution in [-0.2, 0) is 33.2 Å². The first-order valence-electron chi connectivity index (χ1n) is 38.3. The molecule has 12 N–H and O–H groups in total. The Morgan fingerprint density at radius 2 is 0.722 bits per heavy atom. The maximum absolute atomic E-state index is 13.5. The topological polar surface area (TPSA) is 307 Å². The van der Waals surface area contributed by atoms with Gasteiger partial charge in [0.15, 0.2) is 18.9 Å². The van der Waals surface area contributed by atoms with Crippen molar-refractivity contribution in [2.75, 3.05) is 26.4 Å². The number of carbonyl (C=O) groups is 1. The standard InChI is InChI=1S/C78H137NO18/c1-3-5-7-9-11-13-15-17-19-21-23-25-26-27-28-29-30-31-32-33-34-36-38-40-42-44-46-48-50-52-54-56-66(84)79-61(62(83)55-53-51-49-47-45-43-41-39-37-35-24-22-20-18-16-14-12-10-8-6-4-2)60-92-76-72(90)69(87)74(64(58-81)94-76)97-78-73(91)70(88)75(65(59-82)95-78)96-77-71(89)68(86)67(85)63(57-80)93-77/h5,7,11,13,17,19,23,25,27-28,45,47,53,55,61-65,67-78,80-83,85-91H,3-4,6,8-10,12,14-16,18,20-22,24,26,29-44,46,48-52,54,56-60H2,1-2H3,(H,79,84)/b7-5-,13-11-,19-17-,25-23-,28-27-,47-45+,55-53+. The van der Waals surface area contributed by atoms with Gasteiger partial charge in [-0.2, -0.15) is 0 Å². The molecule has 3 rings (SSSR count). The minimum absolute atomic E-state index is 0.232. The van der Waals surface area contributed by atoms with E-state index in [4.69, 9.17) is 28.4 Å². The molecule has 3 aliphatic rings. The highest BCUT2D eigenvalue weighted by molar-refractivity contribution is 5.76. The highest BCUT2D eigenvalue weighted by atomic mass is 16.8. The van der Waals surface area contributed by atoms with Crippen molar-refractivity contribution in [3.63, 3.8) is 0 Å². The lowest BCUT2D eigenvalue weighted by molar-refractivity contribution is -0.379. The number of aliphatic hydroxyl groups is 11. The number of allylic oxidation sites excluding steroid dienone is 13. The van der Waals surface area contributed by atoms with Gasteiger partial charge in [0.2, 0.25) is 5.91 Å². The Kier molecular flexibility index (Phi) is 53.2. The summed E-state index contributed by atoms with van der Waals surface area (Å²) >= 11 is 0. The van der Waals surface area contributed by atoms with E-state index < -0.39 is 124 Å². The molecule has 0 aliphatic carbocycles. The number of aliphatic hydroxyl groups excluding tert-OH is 11. The van der Waals surface area contributed by atoms with Crippen molar-refractivity contribution < 1.29 is 89.4 Å². The number of ether oxygens (including phenoxy) is 6. The Labute approximate surface area is 584 Å². The van der Waals surface area contributed by atoms with Crippen molar-refractivity contribution in [2.45, 2.75) is 375 Å². The third-order valence-corrected chi connectivity index (χ3v) is 18.7. The van der Waals surface area contributed by atoms with Crippen LogP contribution in [-0.4, -0.2) is 193 Å². The Morgan fingerprint density at radius 1 is 0.381 bits per heavy atom. The van der Waals surface area contributed by atoms with Gasteiger partial charge in [-0.05, 0) is 77.0 Å². The van der Waals surface area contributed by atoms with Gasteiger partial charge >= 0.3 is 0 Å². The second-order valence-corrected chi connectivity index (χ2v) is 27.1. The fourth-order valence-electron chi connectivity index (χ4n) is 12.5. The first kappa shape index (κ1) is 88.2. The molecule has 19 heteroatoms. The molecule has 0 saturated carbocycles. The number of hydrogen-bond donors (Lipinski definition) is 12. The summed E-state index contributed by atoms with van der Waals surface area (Å²) in [6, 6.07) is -0.995. The minimum Gasteiger partial charge on any atom is -0.394 e. The van der Waals surface area contributed by atoms with Crippen molar-refractivity contribution in [1.82, 2.24) is 5.32 Å². The number of amides is 1. The van der Waals surface area contributed by atoms with Crippen LogP contribution in [0.3, 0.4) is 0 Å². The van der Waals surface area contributed by atoms with E-state index in [0.717, 1.165) is 70.6 Å².